The third-order valence-electron chi connectivity index (χ3n) is 4.28. The largest absolute Gasteiger partial charge is 0.351 e. The number of hydrogen-bond donors (Lipinski definition) is 1. The molecule has 25 heavy (non-hydrogen) atoms. The molecule has 0 fully saturated rings. The highest BCUT2D eigenvalue weighted by atomic mass is 125. The molecule has 5 nitrogen and oxygen atoms in total. The molecule has 0 aliphatic rings. The number of nitrogens with one attached hydrogen (secondary N) is 1. The summed E-state index contributed by atoms with van der Waals surface area (Å²) in [5.41, 5.74) is 3.61. The lowest BCUT2D eigenvalue weighted by atomic mass is 10.1. The number of nitrogens with zero attached hydrogens (tertiary/aromatic N) is 3. The second kappa shape index (κ2) is 8.05. The highest BCUT2D eigenvalue weighted by Gasteiger charge is 2.13. The van der Waals surface area contributed by atoms with E-state index in [1.54, 1.807) is 0 Å². The molecule has 3 aromatic rings. The summed E-state index contributed by atoms with van der Waals surface area (Å²) in [7, 11) is 0. The SMILES string of the molecule is CCN(CC)CCNC(=O)c1cccc2nc3cc([125I])ccc3nc12. The van der Waals surface area contributed by atoms with Crippen LogP contribution < -0.4 is 5.32 Å². The van der Waals surface area contributed by atoms with Gasteiger partial charge in [-0.05, 0) is 66.0 Å². The summed E-state index contributed by atoms with van der Waals surface area (Å²) in [6, 6.07) is 11.5. The number of para-hydroxylation sites is 1. The summed E-state index contributed by atoms with van der Waals surface area (Å²) in [4.78, 5) is 24.2. The third kappa shape index (κ3) is 4.07. The topological polar surface area (TPSA) is 58.1 Å². The van der Waals surface area contributed by atoms with Crippen LogP contribution in [0.4, 0.5) is 0 Å². The number of aromatic nitrogens is 2. The van der Waals surface area contributed by atoms with Gasteiger partial charge in [0.1, 0.15) is 5.52 Å². The minimum atomic E-state index is -0.100. The first-order valence-electron chi connectivity index (χ1n) is 8.49. The first-order valence-corrected chi connectivity index (χ1v) is 9.56. The number of likely N-dealkylation sites (N-methyl/N-ethyl adjacent to an activating group) is 1. The Balaban J connectivity index is 1.88. The van der Waals surface area contributed by atoms with Crippen LogP contribution in [0.25, 0.3) is 22.1 Å². The molecule has 0 atom stereocenters. The van der Waals surface area contributed by atoms with Crippen molar-refractivity contribution in [2.45, 2.75) is 13.8 Å². The number of rotatable bonds is 6. The van der Waals surface area contributed by atoms with E-state index in [9.17, 15) is 4.79 Å². The van der Waals surface area contributed by atoms with Crippen LogP contribution in [0.5, 0.6) is 0 Å². The van der Waals surface area contributed by atoms with E-state index in [1.165, 1.54) is 0 Å². The Morgan fingerprint density at radius 2 is 1.88 bits per heavy atom. The van der Waals surface area contributed by atoms with Crippen molar-refractivity contribution in [3.8, 4) is 0 Å². The molecule has 130 valence electrons. The van der Waals surface area contributed by atoms with Gasteiger partial charge >= 0.3 is 0 Å². The molecule has 1 N–H and O–H groups in total. The molecule has 2 aromatic carbocycles. The molecule has 0 aliphatic heterocycles. The van der Waals surface area contributed by atoms with Gasteiger partial charge in [0, 0.05) is 16.7 Å². The van der Waals surface area contributed by atoms with E-state index in [0.29, 0.717) is 17.6 Å². The molecule has 0 radical (unpaired) electrons. The van der Waals surface area contributed by atoms with Crippen LogP contribution in [0.3, 0.4) is 0 Å². The first kappa shape index (κ1) is 18.0. The summed E-state index contributed by atoms with van der Waals surface area (Å²) in [6.45, 7) is 7.68. The predicted octanol–water partition coefficient (Wildman–Crippen LogP) is 3.46. The number of fused-ring (bicyclic) bond motifs is 2. The summed E-state index contributed by atoms with van der Waals surface area (Å²) in [6.07, 6.45) is 0. The van der Waals surface area contributed by atoms with E-state index < -0.39 is 0 Å². The monoisotopic (exact) mass is 446 g/mol. The molecule has 3 rings (SSSR count). The van der Waals surface area contributed by atoms with Crippen LogP contribution in [0.2, 0.25) is 0 Å². The van der Waals surface area contributed by atoms with Crippen molar-refractivity contribution in [3.05, 3.63) is 45.5 Å². The van der Waals surface area contributed by atoms with Crippen LogP contribution in [-0.2, 0) is 0 Å². The normalized spacial score (nSPS) is 11.4. The van der Waals surface area contributed by atoms with E-state index in [0.717, 1.165) is 39.8 Å². The van der Waals surface area contributed by atoms with Gasteiger partial charge in [0.2, 0.25) is 0 Å². The van der Waals surface area contributed by atoms with Gasteiger partial charge in [0.05, 0.1) is 22.1 Å². The number of hydrogen-bond acceptors (Lipinski definition) is 4. The van der Waals surface area contributed by atoms with Gasteiger partial charge in [0.15, 0.2) is 0 Å². The maximum Gasteiger partial charge on any atom is 0.253 e. The standard InChI is InChI=1S/C19H21IN4O/c1-3-24(4-2)11-10-21-19(25)14-6-5-7-16-18(14)23-15-9-8-13(20)12-17(15)22-16/h5-9,12H,3-4,10-11H2,1-2H3,(H,21,25)/i20-2. The Morgan fingerprint density at radius 1 is 1.08 bits per heavy atom. The molecule has 0 bridgehead atoms. The molecular weight excluding hydrogens is 425 g/mol. The van der Waals surface area contributed by atoms with E-state index >= 15 is 0 Å². The van der Waals surface area contributed by atoms with Gasteiger partial charge in [-0.25, -0.2) is 9.97 Å². The summed E-state index contributed by atoms with van der Waals surface area (Å²) in [5.74, 6) is -0.100. The molecule has 1 aromatic heterocycles. The first-order chi connectivity index (χ1) is 12.1. The zero-order chi connectivity index (χ0) is 17.8. The lowest BCUT2D eigenvalue weighted by Gasteiger charge is -2.18. The fraction of sp³-hybridized carbons (Fsp3) is 0.316. The predicted molar refractivity (Wildman–Crippen MR) is 110 cm³/mol. The Kier molecular flexibility index (Phi) is 5.80. The zero-order valence-corrected chi connectivity index (χ0v) is 16.6. The van der Waals surface area contributed by atoms with Gasteiger partial charge in [-0.1, -0.05) is 19.9 Å². The van der Waals surface area contributed by atoms with Crippen molar-refractivity contribution >= 4 is 50.6 Å². The van der Waals surface area contributed by atoms with E-state index in [1.807, 2.05) is 36.4 Å². The number of carbonyl (C=O) groups is 1. The van der Waals surface area contributed by atoms with Gasteiger partial charge in [0.25, 0.3) is 5.91 Å². The smallest absolute Gasteiger partial charge is 0.253 e. The maximum atomic E-state index is 12.6. The molecule has 6 heteroatoms. The number of benzene rings is 2. The zero-order valence-electron chi connectivity index (χ0n) is 14.4. The third-order valence-corrected chi connectivity index (χ3v) is 4.95. The van der Waals surface area contributed by atoms with E-state index in [-0.39, 0.29) is 5.91 Å². The average molecular weight is 446 g/mol. The second-order valence-corrected chi connectivity index (χ2v) is 7.06. The minimum Gasteiger partial charge on any atom is -0.351 e. The van der Waals surface area contributed by atoms with Crippen LogP contribution in [-0.4, -0.2) is 47.0 Å². The lowest BCUT2D eigenvalue weighted by Crippen LogP contribution is -2.34. The number of amides is 1. The second-order valence-electron chi connectivity index (χ2n) is 5.81. The molecule has 0 spiro atoms. The molecule has 1 amide bonds. The molecule has 0 saturated heterocycles. The highest BCUT2D eigenvalue weighted by Crippen LogP contribution is 2.21. The number of halogens is 1. The van der Waals surface area contributed by atoms with Gasteiger partial charge in [-0.15, -0.1) is 0 Å². The fourth-order valence-corrected chi connectivity index (χ4v) is 3.29. The van der Waals surface area contributed by atoms with Crippen LogP contribution in [0.1, 0.15) is 24.2 Å². The lowest BCUT2D eigenvalue weighted by molar-refractivity contribution is 0.0950. The molecular formula is C19H21IN4O. The van der Waals surface area contributed by atoms with Crippen molar-refractivity contribution in [3.63, 3.8) is 0 Å². The number of carbonyl (C=O) groups excluding carboxylic acids is 1. The maximum absolute atomic E-state index is 12.6. The van der Waals surface area contributed by atoms with Crippen molar-refractivity contribution in [1.82, 2.24) is 20.2 Å². The van der Waals surface area contributed by atoms with Crippen molar-refractivity contribution in [1.29, 1.82) is 0 Å². The molecule has 1 heterocycles. The summed E-state index contributed by atoms with van der Waals surface area (Å²) < 4.78 is 1.11. The molecule has 0 saturated carbocycles. The molecule has 0 aliphatic carbocycles. The van der Waals surface area contributed by atoms with E-state index in [4.69, 9.17) is 0 Å². The summed E-state index contributed by atoms with van der Waals surface area (Å²) in [5, 5.41) is 3.00. The highest BCUT2D eigenvalue weighted by molar-refractivity contribution is 14.1. The molecule has 0 unspecified atom stereocenters. The fourth-order valence-electron chi connectivity index (χ4n) is 2.82. The average Bonchev–Trinajstić information content (AvgIpc) is 2.63. The van der Waals surface area contributed by atoms with Gasteiger partial charge in [-0.2, -0.15) is 0 Å². The minimum absolute atomic E-state index is 0.100. The summed E-state index contributed by atoms with van der Waals surface area (Å²) >= 11 is 2.26. The van der Waals surface area contributed by atoms with Gasteiger partial charge < -0.3 is 10.2 Å². The van der Waals surface area contributed by atoms with Crippen LogP contribution in [0, 0.1) is 3.57 Å². The van der Waals surface area contributed by atoms with Crippen LogP contribution >= 0.6 is 22.6 Å². The van der Waals surface area contributed by atoms with Gasteiger partial charge in [-0.3, -0.25) is 4.79 Å². The van der Waals surface area contributed by atoms with Crippen LogP contribution in [0.15, 0.2) is 36.4 Å². The Hall–Kier alpha value is -1.80. The van der Waals surface area contributed by atoms with Crippen molar-refractivity contribution < 1.29 is 4.79 Å². The Labute approximate surface area is 161 Å². The van der Waals surface area contributed by atoms with Crippen molar-refractivity contribution in [2.24, 2.45) is 0 Å². The quantitative estimate of drug-likeness (QED) is 0.466. The Morgan fingerprint density at radius 3 is 2.64 bits per heavy atom. The van der Waals surface area contributed by atoms with E-state index in [2.05, 4.69) is 56.6 Å². The Bertz CT molecular complexity index is 908. The van der Waals surface area contributed by atoms with Crippen molar-refractivity contribution in [2.75, 3.05) is 26.2 Å².